The molecule has 0 aromatic heterocycles. The molecule has 0 unspecified atom stereocenters. The number of urea groups is 2. The number of nitrogens with one attached hydrogen (secondary N) is 3. The van der Waals surface area contributed by atoms with Gasteiger partial charge in [-0.1, -0.05) is 23.2 Å². The third-order valence-electron chi connectivity index (χ3n) is 4.65. The molecule has 1 fully saturated rings. The van der Waals surface area contributed by atoms with Crippen molar-refractivity contribution in [3.8, 4) is 0 Å². The maximum Gasteiger partial charge on any atom is 0.321 e. The molecule has 8 heteroatoms. The molecule has 0 saturated carbocycles. The number of amides is 4. The average Bonchev–Trinajstić information content (AvgIpc) is 2.70. The third-order valence-corrected chi connectivity index (χ3v) is 5.15. The normalized spacial score (nSPS) is 14.4. The van der Waals surface area contributed by atoms with Crippen LogP contribution in [0.5, 0.6) is 0 Å². The molecule has 0 aliphatic carbocycles. The Hall–Kier alpha value is -2.44. The van der Waals surface area contributed by atoms with Gasteiger partial charge in [-0.25, -0.2) is 9.59 Å². The molecular formula is C20H22Cl2N4O2. The van der Waals surface area contributed by atoms with E-state index in [0.717, 1.165) is 18.5 Å². The van der Waals surface area contributed by atoms with Gasteiger partial charge in [-0.05, 0) is 67.3 Å². The highest BCUT2D eigenvalue weighted by molar-refractivity contribution is 6.30. The molecule has 4 amide bonds. The zero-order valence-corrected chi connectivity index (χ0v) is 16.8. The minimum absolute atomic E-state index is 0.116. The van der Waals surface area contributed by atoms with E-state index in [2.05, 4.69) is 16.0 Å². The smallest absolute Gasteiger partial charge is 0.321 e. The van der Waals surface area contributed by atoms with E-state index in [4.69, 9.17) is 23.2 Å². The molecule has 1 heterocycles. The Bertz CT molecular complexity index is 804. The van der Waals surface area contributed by atoms with Crippen LogP contribution in [0.4, 0.5) is 21.0 Å². The Balaban J connectivity index is 1.37. The van der Waals surface area contributed by atoms with E-state index in [1.165, 1.54) is 0 Å². The number of anilines is 2. The van der Waals surface area contributed by atoms with Crippen molar-refractivity contribution in [2.45, 2.75) is 12.8 Å². The molecule has 0 atom stereocenters. The lowest BCUT2D eigenvalue weighted by Crippen LogP contribution is -2.43. The van der Waals surface area contributed by atoms with Crippen LogP contribution < -0.4 is 16.0 Å². The fourth-order valence-electron chi connectivity index (χ4n) is 3.02. The molecule has 3 N–H and O–H groups in total. The van der Waals surface area contributed by atoms with Crippen LogP contribution in [0.15, 0.2) is 48.5 Å². The summed E-state index contributed by atoms with van der Waals surface area (Å²) in [5.74, 6) is 0.343. The number of nitrogens with zero attached hydrogens (tertiary/aromatic N) is 1. The van der Waals surface area contributed by atoms with Gasteiger partial charge >= 0.3 is 12.1 Å². The Kier molecular flexibility index (Phi) is 7.01. The highest BCUT2D eigenvalue weighted by Gasteiger charge is 2.23. The summed E-state index contributed by atoms with van der Waals surface area (Å²) in [5, 5.41) is 9.79. The second kappa shape index (κ2) is 9.66. The molecule has 0 radical (unpaired) electrons. The van der Waals surface area contributed by atoms with Gasteiger partial charge in [-0.2, -0.15) is 0 Å². The SMILES string of the molecule is O=C(NCC1CCN(C(=O)Nc2ccc(Cl)cc2)CC1)Nc1ccc(Cl)cc1. The van der Waals surface area contributed by atoms with E-state index in [1.54, 1.807) is 53.4 Å². The quantitative estimate of drug-likeness (QED) is 0.646. The van der Waals surface area contributed by atoms with Crippen LogP contribution in [0.2, 0.25) is 10.0 Å². The first-order valence-electron chi connectivity index (χ1n) is 9.11. The Labute approximate surface area is 174 Å². The number of benzene rings is 2. The molecule has 3 rings (SSSR count). The van der Waals surface area contributed by atoms with Crippen LogP contribution in [-0.2, 0) is 0 Å². The van der Waals surface area contributed by atoms with E-state index in [9.17, 15) is 9.59 Å². The molecule has 0 spiro atoms. The van der Waals surface area contributed by atoms with Crippen molar-refractivity contribution in [3.63, 3.8) is 0 Å². The lowest BCUT2D eigenvalue weighted by molar-refractivity contribution is 0.181. The minimum Gasteiger partial charge on any atom is -0.338 e. The number of hydrogen-bond acceptors (Lipinski definition) is 2. The van der Waals surface area contributed by atoms with Gasteiger partial charge in [-0.15, -0.1) is 0 Å². The van der Waals surface area contributed by atoms with Gasteiger partial charge in [0.05, 0.1) is 0 Å². The van der Waals surface area contributed by atoms with Crippen molar-refractivity contribution in [2.75, 3.05) is 30.3 Å². The summed E-state index contributed by atoms with van der Waals surface area (Å²) in [6.07, 6.45) is 1.69. The van der Waals surface area contributed by atoms with E-state index in [1.807, 2.05) is 0 Å². The third kappa shape index (κ3) is 6.04. The van der Waals surface area contributed by atoms with E-state index >= 15 is 0 Å². The Morgan fingerprint density at radius 2 is 1.36 bits per heavy atom. The Morgan fingerprint density at radius 1 is 0.857 bits per heavy atom. The molecule has 2 aromatic carbocycles. The van der Waals surface area contributed by atoms with Crippen LogP contribution in [0.1, 0.15) is 12.8 Å². The second-order valence-corrected chi connectivity index (χ2v) is 7.58. The van der Waals surface area contributed by atoms with Crippen molar-refractivity contribution in [1.29, 1.82) is 0 Å². The summed E-state index contributed by atoms with van der Waals surface area (Å²) in [6, 6.07) is 13.6. The molecule has 2 aromatic rings. The maximum atomic E-state index is 12.3. The molecular weight excluding hydrogens is 399 g/mol. The van der Waals surface area contributed by atoms with Crippen LogP contribution in [-0.4, -0.2) is 36.6 Å². The summed E-state index contributed by atoms with van der Waals surface area (Å²) >= 11 is 11.7. The van der Waals surface area contributed by atoms with Crippen molar-refractivity contribution in [2.24, 2.45) is 5.92 Å². The number of piperidine rings is 1. The Morgan fingerprint density at radius 3 is 1.89 bits per heavy atom. The average molecular weight is 421 g/mol. The van der Waals surface area contributed by atoms with Crippen LogP contribution in [0, 0.1) is 5.92 Å². The van der Waals surface area contributed by atoms with Gasteiger partial charge in [-0.3, -0.25) is 0 Å². The van der Waals surface area contributed by atoms with Crippen LogP contribution >= 0.6 is 23.2 Å². The lowest BCUT2D eigenvalue weighted by Gasteiger charge is -2.32. The van der Waals surface area contributed by atoms with Crippen molar-refractivity contribution < 1.29 is 9.59 Å². The molecule has 1 aliphatic heterocycles. The maximum absolute atomic E-state index is 12.3. The highest BCUT2D eigenvalue weighted by atomic mass is 35.5. The van der Waals surface area contributed by atoms with Crippen molar-refractivity contribution >= 4 is 46.6 Å². The molecule has 1 aliphatic rings. The van der Waals surface area contributed by atoms with Crippen molar-refractivity contribution in [1.82, 2.24) is 10.2 Å². The summed E-state index contributed by atoms with van der Waals surface area (Å²) in [5.41, 5.74) is 1.41. The topological polar surface area (TPSA) is 73.5 Å². The molecule has 1 saturated heterocycles. The first kappa shape index (κ1) is 20.3. The van der Waals surface area contributed by atoms with Gasteiger partial charge in [0.2, 0.25) is 0 Å². The summed E-state index contributed by atoms with van der Waals surface area (Å²) in [7, 11) is 0. The van der Waals surface area contributed by atoms with Crippen LogP contribution in [0.3, 0.4) is 0 Å². The zero-order valence-electron chi connectivity index (χ0n) is 15.3. The molecule has 6 nitrogen and oxygen atoms in total. The van der Waals surface area contributed by atoms with Gasteiger partial charge in [0, 0.05) is 41.1 Å². The fourth-order valence-corrected chi connectivity index (χ4v) is 3.27. The number of likely N-dealkylation sites (tertiary alicyclic amines) is 1. The number of halogens is 2. The predicted molar refractivity (Wildman–Crippen MR) is 113 cm³/mol. The van der Waals surface area contributed by atoms with Gasteiger partial charge in [0.1, 0.15) is 0 Å². The van der Waals surface area contributed by atoms with Crippen LogP contribution in [0.25, 0.3) is 0 Å². The molecule has 0 bridgehead atoms. The first-order valence-corrected chi connectivity index (χ1v) is 9.87. The highest BCUT2D eigenvalue weighted by Crippen LogP contribution is 2.19. The number of hydrogen-bond donors (Lipinski definition) is 3. The van der Waals surface area contributed by atoms with Gasteiger partial charge < -0.3 is 20.9 Å². The van der Waals surface area contributed by atoms with Gasteiger partial charge in [0.25, 0.3) is 0 Å². The fraction of sp³-hybridized carbons (Fsp3) is 0.300. The predicted octanol–water partition coefficient (Wildman–Crippen LogP) is 5.06. The van der Waals surface area contributed by atoms with Crippen molar-refractivity contribution in [3.05, 3.63) is 58.6 Å². The summed E-state index contributed by atoms with van der Waals surface area (Å²) < 4.78 is 0. The van der Waals surface area contributed by atoms with Gasteiger partial charge in [0.15, 0.2) is 0 Å². The second-order valence-electron chi connectivity index (χ2n) is 6.71. The number of rotatable bonds is 4. The number of carbonyl (C=O) groups is 2. The van der Waals surface area contributed by atoms with E-state index in [0.29, 0.717) is 41.3 Å². The number of carbonyl (C=O) groups excluding carboxylic acids is 2. The minimum atomic E-state index is -0.245. The monoisotopic (exact) mass is 420 g/mol. The molecule has 148 valence electrons. The molecule has 28 heavy (non-hydrogen) atoms. The first-order chi connectivity index (χ1) is 13.5. The standard InChI is InChI=1S/C20H22Cl2N4O2/c21-15-1-5-17(6-2-15)24-19(27)23-13-14-9-11-26(12-10-14)20(28)25-18-7-3-16(22)4-8-18/h1-8,14H,9-13H2,(H,25,28)(H2,23,24,27). The van der Waals surface area contributed by atoms with E-state index in [-0.39, 0.29) is 12.1 Å². The van der Waals surface area contributed by atoms with E-state index < -0.39 is 0 Å². The summed E-state index contributed by atoms with van der Waals surface area (Å²) in [4.78, 5) is 26.1. The lowest BCUT2D eigenvalue weighted by atomic mass is 9.97. The largest absolute Gasteiger partial charge is 0.338 e. The summed E-state index contributed by atoms with van der Waals surface area (Å²) in [6.45, 7) is 1.89. The zero-order chi connectivity index (χ0) is 19.9.